The molecule has 5 rings (SSSR count). The zero-order valence-electron chi connectivity index (χ0n) is 56.5. The number of ether oxygens (including phenoxy) is 9. The summed E-state index contributed by atoms with van der Waals surface area (Å²) in [6, 6.07) is -3.72. The summed E-state index contributed by atoms with van der Waals surface area (Å²) in [5, 5.41) is 106. The quantitative estimate of drug-likeness (QED) is 0.0301. The highest BCUT2D eigenvalue weighted by Crippen LogP contribution is 2.49. The van der Waals surface area contributed by atoms with Gasteiger partial charge in [0.25, 0.3) is 5.91 Å². The van der Waals surface area contributed by atoms with Crippen LogP contribution in [0.15, 0.2) is 70.7 Å². The third-order valence-corrected chi connectivity index (χ3v) is 17.8. The van der Waals surface area contributed by atoms with Crippen LogP contribution in [0.1, 0.15) is 127 Å². The highest BCUT2D eigenvalue weighted by molar-refractivity contribution is 7.47. The number of carboxylic acid groups (broad SMARTS) is 1. The van der Waals surface area contributed by atoms with E-state index in [1.54, 1.807) is 13.0 Å². The van der Waals surface area contributed by atoms with Gasteiger partial charge in [-0.05, 0) is 91.9 Å². The third-order valence-electron chi connectivity index (χ3n) is 16.8. The second kappa shape index (κ2) is 36.6. The van der Waals surface area contributed by atoms with E-state index in [1.807, 2.05) is 0 Å². The van der Waals surface area contributed by atoms with Crippen molar-refractivity contribution >= 4 is 49.3 Å². The van der Waals surface area contributed by atoms with Crippen molar-refractivity contribution in [3.8, 4) is 0 Å². The van der Waals surface area contributed by atoms with Crippen LogP contribution in [0.5, 0.6) is 0 Å². The van der Waals surface area contributed by atoms with E-state index in [9.17, 15) is 89.0 Å². The molecule has 0 spiro atoms. The number of hydrogen-bond acceptors (Lipinski definition) is 27. The number of hydrogen-bond donors (Lipinski definition) is 15. The van der Waals surface area contributed by atoms with Crippen molar-refractivity contribution in [3.05, 3.63) is 70.7 Å². The number of Topliss-reactive ketones (excluding diaryl/α,β-unsaturated/α-hetero) is 1. The summed E-state index contributed by atoms with van der Waals surface area (Å²) in [6.45, 7) is 18.0. The smallest absolute Gasteiger partial charge is 0.474 e. The van der Waals surface area contributed by atoms with Gasteiger partial charge in [-0.3, -0.25) is 33.0 Å². The number of ketones is 1. The third kappa shape index (κ3) is 23.3. The first-order valence-electron chi connectivity index (χ1n) is 31.9. The van der Waals surface area contributed by atoms with E-state index < -0.39 is 202 Å². The maximum absolute atomic E-state index is 13.9. The second-order valence-electron chi connectivity index (χ2n) is 26.0. The molecule has 0 saturated carbocycles. The Kier molecular flexibility index (Phi) is 30.9. The fourth-order valence-electron chi connectivity index (χ4n) is 11.3. The number of primary amides is 2. The van der Waals surface area contributed by atoms with Gasteiger partial charge in [0.2, 0.25) is 17.7 Å². The number of carbonyl (C=O) groups is 7. The molecule has 0 radical (unpaired) electrons. The number of phosphoric ester groups is 1. The van der Waals surface area contributed by atoms with E-state index in [2.05, 4.69) is 81.5 Å². The Morgan fingerprint density at radius 1 is 0.776 bits per heavy atom. The molecule has 554 valence electrons. The number of aliphatic carboxylic acids is 1. The minimum absolute atomic E-state index is 0.0960. The molecule has 17 N–H and O–H groups in total. The van der Waals surface area contributed by atoms with Gasteiger partial charge < -0.3 is 121 Å². The van der Waals surface area contributed by atoms with Crippen molar-refractivity contribution in [2.75, 3.05) is 19.8 Å². The van der Waals surface area contributed by atoms with E-state index in [4.69, 9.17) is 63.1 Å². The lowest BCUT2D eigenvalue weighted by atomic mass is 9.85. The fraction of sp³-hybridized carbons (Fsp3) is 0.698. The average Bonchev–Trinajstić information content (AvgIpc) is 0.834. The second-order valence-corrected chi connectivity index (χ2v) is 27.4. The predicted octanol–water partition coefficient (Wildman–Crippen LogP) is 0.148. The van der Waals surface area contributed by atoms with Gasteiger partial charge in [0, 0.05) is 26.7 Å². The van der Waals surface area contributed by atoms with E-state index >= 15 is 0 Å². The molecular formula is C63H98N5O29P. The lowest BCUT2D eigenvalue weighted by Gasteiger charge is -2.51. The first-order chi connectivity index (χ1) is 45.7. The van der Waals surface area contributed by atoms with Crippen molar-refractivity contribution in [2.24, 2.45) is 16.9 Å². The largest absolute Gasteiger partial charge is 0.510 e. The highest BCUT2D eigenvalue weighted by Gasteiger charge is 2.62. The summed E-state index contributed by atoms with van der Waals surface area (Å²) >= 11 is 0. The molecule has 4 heterocycles. The summed E-state index contributed by atoms with van der Waals surface area (Å²) in [5.41, 5.74) is 12.1. The van der Waals surface area contributed by atoms with Gasteiger partial charge in [-0.2, -0.15) is 0 Å². The molecule has 1 aliphatic carbocycles. The van der Waals surface area contributed by atoms with Crippen LogP contribution in [0, 0.1) is 5.41 Å². The molecule has 0 aromatic heterocycles. The topological polar surface area (TPSA) is 529 Å². The van der Waals surface area contributed by atoms with Crippen LogP contribution in [0.4, 0.5) is 4.79 Å². The summed E-state index contributed by atoms with van der Waals surface area (Å²) in [7, 11) is -5.73. The molecule has 0 aromatic rings. The van der Waals surface area contributed by atoms with Gasteiger partial charge in [-0.25, -0.2) is 14.2 Å². The van der Waals surface area contributed by atoms with Crippen LogP contribution in [0.2, 0.25) is 0 Å². The van der Waals surface area contributed by atoms with Crippen LogP contribution in [-0.2, 0) is 85.0 Å². The van der Waals surface area contributed by atoms with Gasteiger partial charge >= 0.3 is 19.9 Å². The summed E-state index contributed by atoms with van der Waals surface area (Å²) < 4.78 is 76.2. The minimum atomic E-state index is -5.73. The molecule has 4 saturated heterocycles. The van der Waals surface area contributed by atoms with E-state index in [1.165, 1.54) is 18.1 Å². The number of nitrogens with one attached hydrogen (secondary N) is 3. The number of rotatable bonds is 34. The molecule has 22 atom stereocenters. The molecule has 0 aromatic carbocycles. The SMILES string of the molecule is C=C(C/C=C(\C)CCC=C(C)C)CCC(C)(C)/C=C/CC/C(C)=C\CO[C@H](COP(=O)(O)O[C@H]1O[C@H](C(N)=O)[C@@](C)(O)[C@H](OC(N)=O)[C@H]1O[C@@H]1O[C@H](CO)[C@@H](O[C@@H]2O[C@H](C)[C@H](O[C@@H]3O[C@H](C(=O)NC4=C(O)CCC4=O)[C@H](O)[C@H](O)[C@H]3O)[C@H](O)[C@H]2NC(C)=O)[C@H](O)[C@H]1NC(C)=O)C(=O)O. The average molecular weight is 1420 g/mol. The van der Waals surface area contributed by atoms with Crippen molar-refractivity contribution in [2.45, 2.75) is 255 Å². The fourth-order valence-corrected chi connectivity index (χ4v) is 12.1. The van der Waals surface area contributed by atoms with Crippen molar-refractivity contribution in [3.63, 3.8) is 0 Å². The standard InChI is InChI=1S/C63H98N5O29P/c1-29(2)15-14-17-30(3)18-19-32(5)22-25-62(9,10)24-13-12-16-31(4)23-26-87-39(56(81)82)28-88-98(85,86)97-60-51(52(96-61(65)83)63(11,84)53(95-60)54(64)79)94-58-42(67-35(8)71)44(75)49(38(27-69)90-58)92-57-41(66-34(7)70)43(74)48(33(6)89-57)91-59-47(78)45(76)46(77)50(93-59)55(80)68-40-36(72)20-21-37(40)73/h13,15,18,23-24,33,38-39,41-53,57-60,69,72,74-78,84H,5,12,14,16-17,19-22,25-28H2,1-4,6-11H3,(H2,64,79)(H2,65,83)(H,66,70)(H,67,71)(H,68,80)(H,81,82)(H,85,86)/b24-13+,30-18+,31-23-/t33-,38-,39-,41-,42-,43-,44-,45+,46-,47-,48+,49-,50+,51-,52-,53-,57+,58+,59-,60-,63+/m1/s1. The molecular weight excluding hydrogens is 1320 g/mol. The first kappa shape index (κ1) is 82.7. The van der Waals surface area contributed by atoms with Gasteiger partial charge in [-0.1, -0.05) is 73.1 Å². The summed E-state index contributed by atoms with van der Waals surface area (Å²) in [4.78, 5) is 100. The van der Waals surface area contributed by atoms with Gasteiger partial charge in [0.15, 0.2) is 61.5 Å². The maximum Gasteiger partial charge on any atom is 0.474 e. The number of aliphatic hydroxyl groups is 8. The zero-order valence-corrected chi connectivity index (χ0v) is 57.4. The molecule has 1 unspecified atom stereocenters. The molecule has 4 fully saturated rings. The summed E-state index contributed by atoms with van der Waals surface area (Å²) in [6.07, 6.45) is -23.3. The van der Waals surface area contributed by atoms with Gasteiger partial charge in [-0.15, -0.1) is 0 Å². The number of phosphoric acid groups is 1. The Morgan fingerprint density at radius 2 is 1.37 bits per heavy atom. The number of carboxylic acids is 1. The monoisotopic (exact) mass is 1420 g/mol. The number of carbonyl (C=O) groups excluding carboxylic acids is 6. The number of amides is 5. The molecule has 5 amide bonds. The van der Waals surface area contributed by atoms with Crippen molar-refractivity contribution < 1.29 is 141 Å². The number of allylic oxidation sites excluding steroid dienone is 10. The molecule has 5 aliphatic rings. The zero-order chi connectivity index (χ0) is 73.5. The molecule has 98 heavy (non-hydrogen) atoms. The van der Waals surface area contributed by atoms with Crippen LogP contribution in [0.25, 0.3) is 0 Å². The van der Waals surface area contributed by atoms with Gasteiger partial charge in [0.1, 0.15) is 78.0 Å². The molecule has 34 nitrogen and oxygen atoms in total. The van der Waals surface area contributed by atoms with Crippen molar-refractivity contribution in [1.82, 2.24) is 16.0 Å². The molecule has 35 heteroatoms. The van der Waals surface area contributed by atoms with Gasteiger partial charge in [0.05, 0.1) is 25.9 Å². The molecule has 0 bridgehead atoms. The van der Waals surface area contributed by atoms with Crippen LogP contribution < -0.4 is 27.4 Å². The Balaban J connectivity index is 1.30. The van der Waals surface area contributed by atoms with E-state index in [-0.39, 0.29) is 24.9 Å². The Bertz CT molecular complexity index is 3020. The number of nitrogens with two attached hydrogens (primary N) is 2. The Hall–Kier alpha value is -5.96. The first-order valence-corrected chi connectivity index (χ1v) is 33.3. The van der Waals surface area contributed by atoms with Crippen LogP contribution in [-0.4, -0.2) is 240 Å². The lowest BCUT2D eigenvalue weighted by molar-refractivity contribution is -0.370. The van der Waals surface area contributed by atoms with Crippen LogP contribution >= 0.6 is 7.82 Å². The minimum Gasteiger partial charge on any atom is -0.510 e. The highest BCUT2D eigenvalue weighted by atomic mass is 31.2. The van der Waals surface area contributed by atoms with E-state index in [0.29, 0.717) is 12.8 Å². The maximum atomic E-state index is 13.9. The Morgan fingerprint density at radius 3 is 1.94 bits per heavy atom. The lowest BCUT2D eigenvalue weighted by Crippen LogP contribution is -2.72. The van der Waals surface area contributed by atoms with Crippen LogP contribution in [0.3, 0.4) is 0 Å². The predicted molar refractivity (Wildman–Crippen MR) is 339 cm³/mol. The number of aliphatic hydroxyl groups excluding tert-OH is 7. The Labute approximate surface area is 566 Å². The molecule has 4 aliphatic heterocycles. The van der Waals surface area contributed by atoms with Crippen molar-refractivity contribution in [1.29, 1.82) is 0 Å². The normalized spacial score (nSPS) is 33.5. The summed E-state index contributed by atoms with van der Waals surface area (Å²) in [5.74, 6) is -7.31. The van der Waals surface area contributed by atoms with E-state index in [0.717, 1.165) is 64.0 Å².